The highest BCUT2D eigenvalue weighted by molar-refractivity contribution is 6.33. The summed E-state index contributed by atoms with van der Waals surface area (Å²) >= 11 is 13.0. The number of hydrogen-bond donors (Lipinski definition) is 2. The number of ketones is 2. The quantitative estimate of drug-likeness (QED) is 0.221. The van der Waals surface area contributed by atoms with Crippen molar-refractivity contribution in [2.24, 2.45) is 0 Å². The van der Waals surface area contributed by atoms with Gasteiger partial charge in [-0.05, 0) is 49.4 Å². The molecule has 0 aliphatic carbocycles. The molecular formula is C27H18Cl2N2O8. The average Bonchev–Trinajstić information content (AvgIpc) is 3.40. The zero-order chi connectivity index (χ0) is 28.2. The number of halogens is 2. The molecule has 4 aromatic rings. The number of carbonyl (C=O) groups excluding carboxylic acids is 4. The van der Waals surface area contributed by atoms with Gasteiger partial charge >= 0.3 is 11.9 Å². The Bertz CT molecular complexity index is 1730. The van der Waals surface area contributed by atoms with Crippen molar-refractivity contribution in [1.29, 1.82) is 0 Å². The van der Waals surface area contributed by atoms with Crippen LogP contribution >= 0.6 is 23.2 Å². The molecule has 0 saturated heterocycles. The van der Waals surface area contributed by atoms with Gasteiger partial charge in [0.1, 0.15) is 27.4 Å². The Morgan fingerprint density at radius 1 is 0.974 bits per heavy atom. The molecule has 0 spiro atoms. The van der Waals surface area contributed by atoms with E-state index in [1.54, 1.807) is 6.92 Å². The van der Waals surface area contributed by atoms with Crippen molar-refractivity contribution in [2.75, 3.05) is 14.2 Å². The first-order valence-electron chi connectivity index (χ1n) is 11.3. The van der Waals surface area contributed by atoms with E-state index in [-0.39, 0.29) is 61.1 Å². The highest BCUT2D eigenvalue weighted by Gasteiger charge is 2.34. The Morgan fingerprint density at radius 3 is 2.26 bits per heavy atom. The summed E-state index contributed by atoms with van der Waals surface area (Å²) in [5.41, 5.74) is 0.715. The fourth-order valence-corrected chi connectivity index (χ4v) is 4.74. The molecule has 0 saturated carbocycles. The number of H-pyrrole nitrogens is 1. The Kier molecular flexibility index (Phi) is 6.45. The fraction of sp³-hybridized carbons (Fsp3) is 0.111. The van der Waals surface area contributed by atoms with Gasteiger partial charge in [0, 0.05) is 5.56 Å². The molecule has 3 heterocycles. The minimum Gasteiger partial charge on any atom is -0.507 e. The molecule has 39 heavy (non-hydrogen) atoms. The number of ether oxygens (including phenoxy) is 3. The van der Waals surface area contributed by atoms with Gasteiger partial charge in [-0.3, -0.25) is 14.2 Å². The molecule has 2 N–H and O–H groups in total. The highest BCUT2D eigenvalue weighted by Crippen LogP contribution is 2.44. The number of benzene rings is 2. The van der Waals surface area contributed by atoms with Crippen molar-refractivity contribution in [3.63, 3.8) is 0 Å². The van der Waals surface area contributed by atoms with Crippen molar-refractivity contribution in [3.8, 4) is 23.1 Å². The monoisotopic (exact) mass is 568 g/mol. The van der Waals surface area contributed by atoms with Crippen LogP contribution in [-0.2, 0) is 9.47 Å². The topological polar surface area (TPSA) is 137 Å². The van der Waals surface area contributed by atoms with Crippen LogP contribution in [0, 0.1) is 6.92 Å². The number of methoxy groups -OCH3 is 2. The molecule has 0 bridgehead atoms. The molecule has 2 aromatic carbocycles. The number of esters is 2. The SMILES string of the molecule is COC(=O)c1ccc(C(=O)c2cc(Cl)c3n2-c2c([nH]c(Cl)c2C)C(=O)c2ccc(C(=O)OC)cc2O3)c(O)c1. The Morgan fingerprint density at radius 2 is 1.62 bits per heavy atom. The van der Waals surface area contributed by atoms with Gasteiger partial charge in [0.05, 0.1) is 47.9 Å². The number of hydrogen-bond acceptors (Lipinski definition) is 8. The molecular weight excluding hydrogens is 551 g/mol. The van der Waals surface area contributed by atoms with E-state index < -0.39 is 29.3 Å². The molecule has 198 valence electrons. The standard InChI is InChI=1S/C27H18Cl2N2O8/c1-11-21-20(30-24(11)29)23(34)15-7-5-13(27(36)38-3)9-19(15)39-25-16(28)10-17(31(21)25)22(33)14-6-4-12(8-18(14)32)26(35)37-2/h4-10,30,32H,1-3H3. The molecule has 0 unspecified atom stereocenters. The Hall–Kier alpha value is -4.54. The van der Waals surface area contributed by atoms with E-state index in [0.717, 1.165) is 6.07 Å². The fourth-order valence-electron chi connectivity index (χ4n) is 4.33. The molecule has 10 nitrogen and oxygen atoms in total. The summed E-state index contributed by atoms with van der Waals surface area (Å²) in [6, 6.07) is 9.17. The first-order chi connectivity index (χ1) is 18.6. The second kappa shape index (κ2) is 9.64. The first kappa shape index (κ1) is 26.1. The third-order valence-corrected chi connectivity index (χ3v) is 6.92. The van der Waals surface area contributed by atoms with E-state index in [0.29, 0.717) is 5.56 Å². The van der Waals surface area contributed by atoms with Gasteiger partial charge in [-0.25, -0.2) is 9.59 Å². The van der Waals surface area contributed by atoms with Crippen LogP contribution in [0.5, 0.6) is 17.4 Å². The smallest absolute Gasteiger partial charge is 0.337 e. The van der Waals surface area contributed by atoms with E-state index >= 15 is 0 Å². The zero-order valence-corrected chi connectivity index (χ0v) is 22.1. The number of aromatic amines is 1. The minimum absolute atomic E-state index is 0.00420. The molecule has 2 aromatic heterocycles. The number of aromatic hydroxyl groups is 1. The summed E-state index contributed by atoms with van der Waals surface area (Å²) in [7, 11) is 2.41. The van der Waals surface area contributed by atoms with Gasteiger partial charge in [0.2, 0.25) is 17.4 Å². The molecule has 0 atom stereocenters. The maximum absolute atomic E-state index is 13.7. The lowest BCUT2D eigenvalue weighted by Crippen LogP contribution is -2.17. The number of nitrogens with zero attached hydrogens (tertiary/aromatic N) is 1. The number of phenols is 1. The molecule has 1 aliphatic heterocycles. The molecule has 1 aliphatic rings. The lowest BCUT2D eigenvalue weighted by molar-refractivity contribution is 0.0591. The van der Waals surface area contributed by atoms with E-state index in [2.05, 4.69) is 9.72 Å². The summed E-state index contributed by atoms with van der Waals surface area (Å²) in [5.74, 6) is -3.10. The van der Waals surface area contributed by atoms with Crippen LogP contribution < -0.4 is 4.74 Å². The number of phenolic OH excluding ortho intramolecular Hbond substituents is 1. The van der Waals surface area contributed by atoms with Crippen molar-refractivity contribution < 1.29 is 38.5 Å². The van der Waals surface area contributed by atoms with Gasteiger partial charge in [0.25, 0.3) is 0 Å². The number of aromatic nitrogens is 2. The first-order valence-corrected chi connectivity index (χ1v) is 12.0. The molecule has 0 fully saturated rings. The van der Waals surface area contributed by atoms with Crippen molar-refractivity contribution >= 4 is 46.7 Å². The maximum atomic E-state index is 13.7. The number of carbonyl (C=O) groups is 4. The largest absolute Gasteiger partial charge is 0.507 e. The van der Waals surface area contributed by atoms with Crippen LogP contribution in [0.4, 0.5) is 0 Å². The molecule has 0 amide bonds. The predicted octanol–water partition coefficient (Wildman–Crippen LogP) is 5.27. The van der Waals surface area contributed by atoms with Crippen LogP contribution in [0.1, 0.15) is 58.4 Å². The average molecular weight is 569 g/mol. The van der Waals surface area contributed by atoms with E-state index in [9.17, 15) is 24.3 Å². The van der Waals surface area contributed by atoms with Gasteiger partial charge in [-0.2, -0.15) is 0 Å². The van der Waals surface area contributed by atoms with Crippen LogP contribution in [0.25, 0.3) is 5.69 Å². The normalized spacial score (nSPS) is 11.9. The summed E-state index contributed by atoms with van der Waals surface area (Å²) in [4.78, 5) is 54.2. The minimum atomic E-state index is -0.695. The Balaban J connectivity index is 1.75. The molecule has 0 radical (unpaired) electrons. The van der Waals surface area contributed by atoms with Crippen LogP contribution in [0.15, 0.2) is 42.5 Å². The summed E-state index contributed by atoms with van der Waals surface area (Å²) in [6.07, 6.45) is 0. The van der Waals surface area contributed by atoms with Gasteiger partial charge < -0.3 is 24.3 Å². The summed E-state index contributed by atoms with van der Waals surface area (Å²) < 4.78 is 16.8. The van der Waals surface area contributed by atoms with E-state index in [4.69, 9.17) is 32.7 Å². The molecule has 5 rings (SSSR count). The Labute approximate surface area is 230 Å². The maximum Gasteiger partial charge on any atom is 0.337 e. The second-order valence-electron chi connectivity index (χ2n) is 8.49. The van der Waals surface area contributed by atoms with Crippen molar-refractivity contribution in [2.45, 2.75) is 6.92 Å². The van der Waals surface area contributed by atoms with Crippen LogP contribution in [0.3, 0.4) is 0 Å². The van der Waals surface area contributed by atoms with Gasteiger partial charge in [-0.1, -0.05) is 23.2 Å². The number of rotatable bonds is 4. The van der Waals surface area contributed by atoms with Crippen LogP contribution in [0.2, 0.25) is 10.2 Å². The summed E-state index contributed by atoms with van der Waals surface area (Å²) in [6.45, 7) is 1.64. The second-order valence-corrected chi connectivity index (χ2v) is 9.28. The third kappa shape index (κ3) is 4.14. The van der Waals surface area contributed by atoms with Gasteiger partial charge in [-0.15, -0.1) is 0 Å². The van der Waals surface area contributed by atoms with Gasteiger partial charge in [0.15, 0.2) is 0 Å². The summed E-state index contributed by atoms with van der Waals surface area (Å²) in [5, 5.41) is 10.7. The third-order valence-electron chi connectivity index (χ3n) is 6.27. The number of fused-ring (bicyclic) bond motifs is 4. The lowest BCUT2D eigenvalue weighted by atomic mass is 10.0. The predicted molar refractivity (Wildman–Crippen MR) is 139 cm³/mol. The molecule has 12 heteroatoms. The van der Waals surface area contributed by atoms with E-state index in [1.807, 2.05) is 0 Å². The van der Waals surface area contributed by atoms with Crippen LogP contribution in [-0.4, -0.2) is 52.4 Å². The highest BCUT2D eigenvalue weighted by atomic mass is 35.5. The number of nitrogens with one attached hydrogen (secondary N) is 1. The van der Waals surface area contributed by atoms with Crippen molar-refractivity contribution in [1.82, 2.24) is 9.55 Å². The lowest BCUT2D eigenvalue weighted by Gasteiger charge is -2.20. The van der Waals surface area contributed by atoms with Crippen molar-refractivity contribution in [3.05, 3.63) is 91.8 Å². The van der Waals surface area contributed by atoms with E-state index in [1.165, 1.54) is 55.2 Å². The zero-order valence-electron chi connectivity index (χ0n) is 20.5.